The van der Waals surface area contributed by atoms with Gasteiger partial charge in [0.25, 0.3) is 0 Å². The predicted molar refractivity (Wildman–Crippen MR) is 120 cm³/mol. The fraction of sp³-hybridized carbons (Fsp3) is 0.304. The first kappa shape index (κ1) is 21.6. The number of rotatable bonds is 6. The zero-order chi connectivity index (χ0) is 22.7. The molecule has 1 aliphatic rings. The second kappa shape index (κ2) is 9.27. The Bertz CT molecular complexity index is 1170. The molecular weight excluding hydrogens is 411 g/mol. The molecule has 9 heteroatoms. The molecule has 1 atom stereocenters. The first-order valence-corrected chi connectivity index (χ1v) is 10.3. The highest BCUT2D eigenvalue weighted by Crippen LogP contribution is 2.38. The lowest BCUT2D eigenvalue weighted by atomic mass is 9.79. The van der Waals surface area contributed by atoms with Crippen molar-refractivity contribution in [1.29, 1.82) is 0 Å². The monoisotopic (exact) mass is 436 g/mol. The summed E-state index contributed by atoms with van der Waals surface area (Å²) in [4.78, 5) is 18.7. The van der Waals surface area contributed by atoms with Gasteiger partial charge < -0.3 is 21.0 Å². The first-order valence-electron chi connectivity index (χ1n) is 10.3. The van der Waals surface area contributed by atoms with Gasteiger partial charge in [0.2, 0.25) is 11.8 Å². The molecule has 4 rings (SSSR count). The molecule has 32 heavy (non-hydrogen) atoms. The second-order valence-corrected chi connectivity index (χ2v) is 7.55. The van der Waals surface area contributed by atoms with Crippen LogP contribution in [0, 0.1) is 12.7 Å². The molecule has 0 saturated heterocycles. The van der Waals surface area contributed by atoms with Crippen LogP contribution >= 0.6 is 0 Å². The third-order valence-corrected chi connectivity index (χ3v) is 5.40. The van der Waals surface area contributed by atoms with Crippen molar-refractivity contribution in [3.8, 4) is 17.1 Å². The maximum absolute atomic E-state index is 14.3. The number of nitrogens with two attached hydrogens (primary N) is 2. The van der Waals surface area contributed by atoms with Gasteiger partial charge in [0, 0.05) is 30.2 Å². The zero-order valence-electron chi connectivity index (χ0n) is 18.0. The number of halogens is 1. The van der Waals surface area contributed by atoms with E-state index in [4.69, 9.17) is 21.0 Å². The number of hydrogen-bond acceptors (Lipinski definition) is 8. The molecule has 2 heterocycles. The van der Waals surface area contributed by atoms with E-state index in [0.29, 0.717) is 43.1 Å². The predicted octanol–water partition coefficient (Wildman–Crippen LogP) is 2.99. The smallest absolute Gasteiger partial charge is 0.220 e. The van der Waals surface area contributed by atoms with Crippen LogP contribution in [0.3, 0.4) is 0 Å². The van der Waals surface area contributed by atoms with E-state index in [1.807, 2.05) is 19.1 Å². The molecule has 8 nitrogen and oxygen atoms in total. The first-order chi connectivity index (χ1) is 15.5. The highest BCUT2D eigenvalue weighted by atomic mass is 19.1. The molecule has 0 fully saturated rings. The zero-order valence-corrected chi connectivity index (χ0v) is 18.0. The standard InChI is InChI=1S/C23H25FN6O2/c1-13-22-19(29-23(26)27-13)10-14(11-20(22)30-32-9-8-25)16-7-6-15(24)12-17(16)18-4-3-5-21(28-18)31-2/h3-7,12,14H,8-11,25H2,1-2H3,(H2,26,27,29)/b30-20+/t14-/m1/s1. The SMILES string of the molecule is COc1cccc(-c2cc(F)ccc2[C@H]2C/C(=N\OCCN)c3c(C)nc(N)nc3C2)n1. The van der Waals surface area contributed by atoms with E-state index < -0.39 is 0 Å². The Morgan fingerprint density at radius 3 is 2.78 bits per heavy atom. The maximum Gasteiger partial charge on any atom is 0.220 e. The van der Waals surface area contributed by atoms with Gasteiger partial charge in [-0.3, -0.25) is 0 Å². The quantitative estimate of drug-likeness (QED) is 0.450. The van der Waals surface area contributed by atoms with Crippen LogP contribution in [0.1, 0.15) is 34.9 Å². The molecule has 166 valence electrons. The summed E-state index contributed by atoms with van der Waals surface area (Å²) in [5.41, 5.74) is 16.8. The van der Waals surface area contributed by atoms with E-state index >= 15 is 0 Å². The van der Waals surface area contributed by atoms with Crippen LogP contribution < -0.4 is 16.2 Å². The lowest BCUT2D eigenvalue weighted by Gasteiger charge is -2.27. The van der Waals surface area contributed by atoms with Gasteiger partial charge in [0.05, 0.1) is 29.9 Å². The van der Waals surface area contributed by atoms with Crippen molar-refractivity contribution < 1.29 is 14.0 Å². The summed E-state index contributed by atoms with van der Waals surface area (Å²) < 4.78 is 19.5. The minimum atomic E-state index is -0.341. The van der Waals surface area contributed by atoms with Crippen molar-refractivity contribution in [1.82, 2.24) is 15.0 Å². The average molecular weight is 436 g/mol. The molecule has 1 aromatic carbocycles. The summed E-state index contributed by atoms with van der Waals surface area (Å²) in [6, 6.07) is 10.2. The Kier molecular flexibility index (Phi) is 6.27. The number of oxime groups is 1. The van der Waals surface area contributed by atoms with Crippen LogP contribution in [-0.2, 0) is 11.3 Å². The van der Waals surface area contributed by atoms with E-state index in [1.165, 1.54) is 12.1 Å². The summed E-state index contributed by atoms with van der Waals surface area (Å²) in [6.45, 7) is 2.53. The van der Waals surface area contributed by atoms with E-state index in [9.17, 15) is 4.39 Å². The molecule has 2 aromatic heterocycles. The fourth-order valence-corrected chi connectivity index (χ4v) is 4.08. The number of nitrogens with zero attached hydrogens (tertiary/aromatic N) is 4. The van der Waals surface area contributed by atoms with Crippen molar-refractivity contribution in [3.63, 3.8) is 0 Å². The van der Waals surface area contributed by atoms with Gasteiger partial charge in [0.15, 0.2) is 0 Å². The van der Waals surface area contributed by atoms with Crippen LogP contribution in [-0.4, -0.2) is 40.9 Å². The Balaban J connectivity index is 1.81. The number of anilines is 1. The Labute approximate surface area is 185 Å². The molecule has 0 saturated carbocycles. The molecule has 4 N–H and O–H groups in total. The van der Waals surface area contributed by atoms with E-state index in [2.05, 4.69) is 20.1 Å². The van der Waals surface area contributed by atoms with Crippen molar-refractivity contribution in [2.24, 2.45) is 10.9 Å². The minimum absolute atomic E-state index is 0.0416. The van der Waals surface area contributed by atoms with Gasteiger partial charge in [0.1, 0.15) is 12.4 Å². The molecule has 1 aliphatic carbocycles. The van der Waals surface area contributed by atoms with E-state index in [0.717, 1.165) is 28.2 Å². The van der Waals surface area contributed by atoms with Crippen LogP contribution in [0.5, 0.6) is 5.88 Å². The summed E-state index contributed by atoms with van der Waals surface area (Å²) in [6.07, 6.45) is 1.16. The fourth-order valence-electron chi connectivity index (χ4n) is 4.08. The molecule has 0 unspecified atom stereocenters. The lowest BCUT2D eigenvalue weighted by Crippen LogP contribution is -2.24. The van der Waals surface area contributed by atoms with Crippen molar-refractivity contribution >= 4 is 11.7 Å². The summed E-state index contributed by atoms with van der Waals surface area (Å²) in [5.74, 6) is 0.283. The number of hydrogen-bond donors (Lipinski definition) is 2. The molecule has 0 bridgehead atoms. The number of benzene rings is 1. The van der Waals surface area contributed by atoms with E-state index in [-0.39, 0.29) is 17.7 Å². The van der Waals surface area contributed by atoms with Gasteiger partial charge >= 0.3 is 0 Å². The maximum atomic E-state index is 14.3. The number of ether oxygens (including phenoxy) is 1. The number of methoxy groups -OCH3 is 1. The van der Waals surface area contributed by atoms with Gasteiger partial charge in [-0.05, 0) is 43.0 Å². The van der Waals surface area contributed by atoms with Crippen LogP contribution in [0.4, 0.5) is 10.3 Å². The number of aryl methyl sites for hydroxylation is 1. The van der Waals surface area contributed by atoms with Crippen molar-refractivity contribution in [2.75, 3.05) is 26.0 Å². The van der Waals surface area contributed by atoms with Crippen molar-refractivity contribution in [3.05, 3.63) is 64.7 Å². The second-order valence-electron chi connectivity index (χ2n) is 7.55. The molecule has 0 spiro atoms. The molecule has 0 radical (unpaired) electrons. The van der Waals surface area contributed by atoms with Crippen LogP contribution in [0.2, 0.25) is 0 Å². The highest BCUT2D eigenvalue weighted by molar-refractivity contribution is 6.03. The summed E-state index contributed by atoms with van der Waals surface area (Å²) in [7, 11) is 1.55. The highest BCUT2D eigenvalue weighted by Gasteiger charge is 2.31. The van der Waals surface area contributed by atoms with Crippen LogP contribution in [0.25, 0.3) is 11.3 Å². The molecule has 3 aromatic rings. The number of pyridine rings is 1. The number of nitrogen functional groups attached to an aromatic ring is 1. The van der Waals surface area contributed by atoms with E-state index in [1.54, 1.807) is 19.2 Å². The molecular formula is C23H25FN6O2. The largest absolute Gasteiger partial charge is 0.481 e. The van der Waals surface area contributed by atoms with Gasteiger partial charge in [-0.25, -0.2) is 19.3 Å². The molecule has 0 amide bonds. The Morgan fingerprint density at radius 2 is 2.00 bits per heavy atom. The topological polar surface area (TPSA) is 122 Å². The third-order valence-electron chi connectivity index (χ3n) is 5.40. The van der Waals surface area contributed by atoms with Gasteiger partial charge in [-0.2, -0.15) is 0 Å². The minimum Gasteiger partial charge on any atom is -0.481 e. The Morgan fingerprint density at radius 1 is 1.16 bits per heavy atom. The summed E-state index contributed by atoms with van der Waals surface area (Å²) in [5, 5.41) is 4.33. The van der Waals surface area contributed by atoms with Crippen molar-refractivity contribution in [2.45, 2.75) is 25.7 Å². The average Bonchev–Trinajstić information content (AvgIpc) is 2.78. The Hall–Kier alpha value is -3.59. The third kappa shape index (κ3) is 4.38. The molecule has 0 aliphatic heterocycles. The number of aromatic nitrogens is 3. The van der Waals surface area contributed by atoms with Crippen LogP contribution in [0.15, 0.2) is 41.6 Å². The van der Waals surface area contributed by atoms with Gasteiger partial charge in [-0.1, -0.05) is 17.3 Å². The lowest BCUT2D eigenvalue weighted by molar-refractivity contribution is 0.151. The summed E-state index contributed by atoms with van der Waals surface area (Å²) >= 11 is 0. The normalized spacial score (nSPS) is 16.6. The van der Waals surface area contributed by atoms with Gasteiger partial charge in [-0.15, -0.1) is 0 Å². The number of fused-ring (bicyclic) bond motifs is 1.